The van der Waals surface area contributed by atoms with Crippen LogP contribution in [0.1, 0.15) is 25.3 Å². The largest absolute Gasteiger partial charge is 0.469 e. The molecule has 0 aromatic heterocycles. The molecule has 4 heteroatoms. The van der Waals surface area contributed by atoms with Crippen molar-refractivity contribution in [1.29, 1.82) is 0 Å². The minimum absolute atomic E-state index is 0.141. The lowest BCUT2D eigenvalue weighted by molar-refractivity contribution is -0.140. The highest BCUT2D eigenvalue weighted by Crippen LogP contribution is 2.11. The first-order valence-corrected chi connectivity index (χ1v) is 6.95. The van der Waals surface area contributed by atoms with Crippen molar-refractivity contribution in [3.8, 4) is 0 Å². The Kier molecular flexibility index (Phi) is 6.98. The lowest BCUT2D eigenvalue weighted by atomic mass is 10.1. The first-order valence-electron chi connectivity index (χ1n) is 6.16. The molecule has 0 bridgehead atoms. The standard InChI is InChI=1S/C14H20BrNO2/c1-11(16-9-3-4-14(17)18-2)10-12-5-7-13(15)8-6-12/h5-8,11,16H,3-4,9-10H2,1-2H3. The molecule has 0 spiro atoms. The fourth-order valence-electron chi connectivity index (χ4n) is 1.73. The molecule has 1 rings (SSSR count). The molecule has 0 saturated heterocycles. The number of halogens is 1. The van der Waals surface area contributed by atoms with E-state index in [1.807, 2.05) is 0 Å². The van der Waals surface area contributed by atoms with Gasteiger partial charge in [0.25, 0.3) is 0 Å². The number of rotatable bonds is 7. The van der Waals surface area contributed by atoms with Gasteiger partial charge in [-0.1, -0.05) is 28.1 Å². The smallest absolute Gasteiger partial charge is 0.305 e. The molecule has 0 aliphatic heterocycles. The fourth-order valence-corrected chi connectivity index (χ4v) is 1.99. The van der Waals surface area contributed by atoms with Crippen LogP contribution in [0.5, 0.6) is 0 Å². The summed E-state index contributed by atoms with van der Waals surface area (Å²) in [6.07, 6.45) is 2.29. The highest BCUT2D eigenvalue weighted by atomic mass is 79.9. The molecule has 0 fully saturated rings. The summed E-state index contributed by atoms with van der Waals surface area (Å²) in [5.74, 6) is -0.141. The summed E-state index contributed by atoms with van der Waals surface area (Å²) in [6, 6.07) is 8.76. The molecular weight excluding hydrogens is 294 g/mol. The van der Waals surface area contributed by atoms with E-state index >= 15 is 0 Å². The van der Waals surface area contributed by atoms with E-state index in [1.165, 1.54) is 12.7 Å². The second kappa shape index (κ2) is 8.27. The molecule has 100 valence electrons. The molecular formula is C14H20BrNO2. The molecule has 1 aromatic carbocycles. The van der Waals surface area contributed by atoms with Crippen molar-refractivity contribution >= 4 is 21.9 Å². The van der Waals surface area contributed by atoms with Gasteiger partial charge in [0.05, 0.1) is 7.11 Å². The van der Waals surface area contributed by atoms with Gasteiger partial charge in [0.2, 0.25) is 0 Å². The second-order valence-corrected chi connectivity index (χ2v) is 5.28. The van der Waals surface area contributed by atoms with Crippen LogP contribution in [0.25, 0.3) is 0 Å². The Balaban J connectivity index is 2.19. The maximum atomic E-state index is 10.9. The Labute approximate surface area is 117 Å². The van der Waals surface area contributed by atoms with E-state index in [0.717, 1.165) is 23.9 Å². The van der Waals surface area contributed by atoms with E-state index in [9.17, 15) is 4.79 Å². The Morgan fingerprint density at radius 2 is 2.06 bits per heavy atom. The van der Waals surface area contributed by atoms with Crippen molar-refractivity contribution in [2.24, 2.45) is 0 Å². The van der Waals surface area contributed by atoms with Crippen LogP contribution in [0.15, 0.2) is 28.7 Å². The molecule has 1 unspecified atom stereocenters. The Morgan fingerprint density at radius 3 is 2.67 bits per heavy atom. The maximum absolute atomic E-state index is 10.9. The average molecular weight is 314 g/mol. The van der Waals surface area contributed by atoms with E-state index in [0.29, 0.717) is 12.5 Å². The van der Waals surface area contributed by atoms with Gasteiger partial charge in [0, 0.05) is 16.9 Å². The number of methoxy groups -OCH3 is 1. The van der Waals surface area contributed by atoms with Gasteiger partial charge < -0.3 is 10.1 Å². The number of hydrogen-bond donors (Lipinski definition) is 1. The maximum Gasteiger partial charge on any atom is 0.305 e. The van der Waals surface area contributed by atoms with E-state index in [-0.39, 0.29) is 5.97 Å². The van der Waals surface area contributed by atoms with Crippen LogP contribution in [0.2, 0.25) is 0 Å². The SMILES string of the molecule is COC(=O)CCCNC(C)Cc1ccc(Br)cc1. The van der Waals surface area contributed by atoms with Crippen molar-refractivity contribution in [1.82, 2.24) is 5.32 Å². The zero-order chi connectivity index (χ0) is 13.4. The predicted molar refractivity (Wildman–Crippen MR) is 76.6 cm³/mol. The number of benzene rings is 1. The number of hydrogen-bond acceptors (Lipinski definition) is 3. The highest BCUT2D eigenvalue weighted by Gasteiger charge is 2.04. The molecule has 0 amide bonds. The molecule has 18 heavy (non-hydrogen) atoms. The number of nitrogens with one attached hydrogen (secondary N) is 1. The van der Waals surface area contributed by atoms with Crippen LogP contribution in [0, 0.1) is 0 Å². The molecule has 3 nitrogen and oxygen atoms in total. The van der Waals surface area contributed by atoms with Gasteiger partial charge in [-0.2, -0.15) is 0 Å². The van der Waals surface area contributed by atoms with Crippen molar-refractivity contribution < 1.29 is 9.53 Å². The summed E-state index contributed by atoms with van der Waals surface area (Å²) in [5.41, 5.74) is 1.31. The van der Waals surface area contributed by atoms with Crippen LogP contribution in [-0.2, 0) is 16.0 Å². The zero-order valence-corrected chi connectivity index (χ0v) is 12.5. The van der Waals surface area contributed by atoms with Gasteiger partial charge in [0.1, 0.15) is 0 Å². The third-order valence-electron chi connectivity index (χ3n) is 2.73. The molecule has 0 aliphatic carbocycles. The monoisotopic (exact) mass is 313 g/mol. The minimum atomic E-state index is -0.141. The van der Waals surface area contributed by atoms with Gasteiger partial charge >= 0.3 is 5.97 Å². The summed E-state index contributed by atoms with van der Waals surface area (Å²) in [6.45, 7) is 2.99. The van der Waals surface area contributed by atoms with E-state index < -0.39 is 0 Å². The van der Waals surface area contributed by atoms with Crippen LogP contribution in [0.3, 0.4) is 0 Å². The van der Waals surface area contributed by atoms with E-state index in [1.54, 1.807) is 0 Å². The van der Waals surface area contributed by atoms with Gasteiger partial charge in [-0.25, -0.2) is 0 Å². The zero-order valence-electron chi connectivity index (χ0n) is 10.9. The fraction of sp³-hybridized carbons (Fsp3) is 0.500. The summed E-state index contributed by atoms with van der Waals surface area (Å²) < 4.78 is 5.69. The molecule has 0 saturated carbocycles. The Morgan fingerprint density at radius 1 is 1.39 bits per heavy atom. The first kappa shape index (κ1) is 15.2. The number of ether oxygens (including phenoxy) is 1. The number of esters is 1. The van der Waals surface area contributed by atoms with Crippen molar-refractivity contribution in [2.75, 3.05) is 13.7 Å². The summed E-state index contributed by atoms with van der Waals surface area (Å²) in [5, 5.41) is 3.41. The quantitative estimate of drug-likeness (QED) is 0.621. The Hall–Kier alpha value is -0.870. The number of carbonyl (C=O) groups excluding carboxylic acids is 1. The van der Waals surface area contributed by atoms with Gasteiger partial charge in [0.15, 0.2) is 0 Å². The van der Waals surface area contributed by atoms with Crippen LogP contribution >= 0.6 is 15.9 Å². The predicted octanol–water partition coefficient (Wildman–Crippen LogP) is 2.92. The average Bonchev–Trinajstić information content (AvgIpc) is 2.37. The summed E-state index contributed by atoms with van der Waals surface area (Å²) in [4.78, 5) is 10.9. The van der Waals surface area contributed by atoms with E-state index in [4.69, 9.17) is 0 Å². The van der Waals surface area contributed by atoms with Gasteiger partial charge in [-0.15, -0.1) is 0 Å². The van der Waals surface area contributed by atoms with Crippen molar-refractivity contribution in [2.45, 2.75) is 32.2 Å². The highest BCUT2D eigenvalue weighted by molar-refractivity contribution is 9.10. The molecule has 1 N–H and O–H groups in total. The molecule has 0 heterocycles. The topological polar surface area (TPSA) is 38.3 Å². The van der Waals surface area contributed by atoms with Crippen LogP contribution < -0.4 is 5.32 Å². The third-order valence-corrected chi connectivity index (χ3v) is 3.26. The van der Waals surface area contributed by atoms with Crippen molar-refractivity contribution in [3.05, 3.63) is 34.3 Å². The number of carbonyl (C=O) groups is 1. The second-order valence-electron chi connectivity index (χ2n) is 4.37. The molecule has 1 atom stereocenters. The van der Waals surface area contributed by atoms with Gasteiger partial charge in [-0.3, -0.25) is 4.79 Å². The van der Waals surface area contributed by atoms with Crippen LogP contribution in [-0.4, -0.2) is 25.7 Å². The molecule has 1 aromatic rings. The third kappa shape index (κ3) is 6.17. The minimum Gasteiger partial charge on any atom is -0.469 e. The first-order chi connectivity index (χ1) is 8.61. The summed E-state index contributed by atoms with van der Waals surface area (Å²) >= 11 is 3.42. The lowest BCUT2D eigenvalue weighted by Gasteiger charge is -2.13. The summed E-state index contributed by atoms with van der Waals surface area (Å²) in [7, 11) is 1.42. The molecule has 0 radical (unpaired) electrons. The van der Waals surface area contributed by atoms with Gasteiger partial charge in [-0.05, 0) is 44.0 Å². The normalized spacial score (nSPS) is 12.2. The van der Waals surface area contributed by atoms with Crippen LogP contribution in [0.4, 0.5) is 0 Å². The molecule has 0 aliphatic rings. The lowest BCUT2D eigenvalue weighted by Crippen LogP contribution is -2.29. The van der Waals surface area contributed by atoms with Crippen molar-refractivity contribution in [3.63, 3.8) is 0 Å². The Bertz CT molecular complexity index is 365. The van der Waals surface area contributed by atoms with E-state index in [2.05, 4.69) is 57.2 Å².